The summed E-state index contributed by atoms with van der Waals surface area (Å²) < 4.78 is 0. The zero-order valence-electron chi connectivity index (χ0n) is 17.2. The summed E-state index contributed by atoms with van der Waals surface area (Å²) in [7, 11) is 0. The van der Waals surface area contributed by atoms with E-state index in [9.17, 15) is 0 Å². The fourth-order valence-electron chi connectivity index (χ4n) is 3.18. The van der Waals surface area contributed by atoms with Crippen LogP contribution in [0.25, 0.3) is 16.3 Å². The van der Waals surface area contributed by atoms with E-state index in [1.54, 1.807) is 17.5 Å². The Bertz CT molecular complexity index is 926. The van der Waals surface area contributed by atoms with E-state index in [0.29, 0.717) is 0 Å². The van der Waals surface area contributed by atoms with Crippen molar-refractivity contribution in [1.29, 1.82) is 0 Å². The number of aryl methyl sites for hydroxylation is 1. The van der Waals surface area contributed by atoms with Crippen LogP contribution >= 0.6 is 11.3 Å². The predicted octanol–water partition coefficient (Wildman–Crippen LogP) is 6.64. The van der Waals surface area contributed by atoms with Gasteiger partial charge in [-0.25, -0.2) is 4.98 Å². The number of rotatable bonds is 11. The third-order valence-electron chi connectivity index (χ3n) is 4.81. The first-order chi connectivity index (χ1) is 14.2. The van der Waals surface area contributed by atoms with Gasteiger partial charge in [-0.15, -0.1) is 11.3 Å². The van der Waals surface area contributed by atoms with Gasteiger partial charge in [0.2, 0.25) is 0 Å². The van der Waals surface area contributed by atoms with Crippen LogP contribution in [-0.4, -0.2) is 9.97 Å². The van der Waals surface area contributed by atoms with Gasteiger partial charge in [0.15, 0.2) is 0 Å². The number of unbranched alkanes of at least 4 members (excludes halogenated alkanes) is 3. The summed E-state index contributed by atoms with van der Waals surface area (Å²) >= 11 is 1.59. The largest absolute Gasteiger partial charge is 0.358 e. The van der Waals surface area contributed by atoms with E-state index in [4.69, 9.17) is 0 Å². The van der Waals surface area contributed by atoms with Crippen LogP contribution in [0, 0.1) is 0 Å². The topological polar surface area (TPSA) is 37.8 Å². The zero-order chi connectivity index (χ0) is 20.5. The maximum absolute atomic E-state index is 4.67. The minimum Gasteiger partial charge on any atom is -0.358 e. The molecule has 29 heavy (non-hydrogen) atoms. The highest BCUT2D eigenvalue weighted by molar-refractivity contribution is 7.13. The number of hydrogen-bond acceptors (Lipinski definition) is 4. The lowest BCUT2D eigenvalue weighted by Gasteiger charge is -2.11. The maximum Gasteiger partial charge on any atom is 0.125 e. The van der Waals surface area contributed by atoms with Gasteiger partial charge in [0.25, 0.3) is 0 Å². The minimum absolute atomic E-state index is 0.772. The van der Waals surface area contributed by atoms with Crippen LogP contribution in [0.15, 0.2) is 73.0 Å². The number of pyridine rings is 1. The first-order valence-electron chi connectivity index (χ1n) is 10.2. The summed E-state index contributed by atoms with van der Waals surface area (Å²) in [5, 5.41) is 6.27. The average Bonchev–Trinajstić information content (AvgIpc) is 3.23. The molecule has 3 rings (SSSR count). The Labute approximate surface area is 178 Å². The van der Waals surface area contributed by atoms with Crippen molar-refractivity contribution < 1.29 is 0 Å². The van der Waals surface area contributed by atoms with Crippen molar-refractivity contribution in [3.63, 3.8) is 0 Å². The molecule has 2 aromatic heterocycles. The molecule has 0 saturated heterocycles. The van der Waals surface area contributed by atoms with Gasteiger partial charge >= 0.3 is 0 Å². The maximum atomic E-state index is 4.67. The molecule has 0 spiro atoms. The van der Waals surface area contributed by atoms with Crippen LogP contribution in [0.4, 0.5) is 0 Å². The number of nitrogens with one attached hydrogen (secondary N) is 1. The standard InChI is InChI=1S/C25H29N3S/c1-4-5-6-7-9-21-11-13-22(14-12-21)16-19(2)27-20(3)24-18-29-25(28-24)23-10-8-15-26-17-23/h8,10-15,17-18,27H,2-7,9,16H2,1H3. The van der Waals surface area contributed by atoms with Gasteiger partial charge in [-0.2, -0.15) is 0 Å². The molecule has 1 aromatic carbocycles. The average molecular weight is 404 g/mol. The Hall–Kier alpha value is -2.72. The van der Waals surface area contributed by atoms with Crippen LogP contribution in [-0.2, 0) is 12.8 Å². The molecular formula is C25H29N3S. The van der Waals surface area contributed by atoms with Crippen LogP contribution in [0.3, 0.4) is 0 Å². The molecule has 4 heteroatoms. The molecule has 0 aliphatic carbocycles. The summed E-state index contributed by atoms with van der Waals surface area (Å²) in [6.07, 6.45) is 10.7. The molecule has 0 bridgehead atoms. The number of aromatic nitrogens is 2. The zero-order valence-corrected chi connectivity index (χ0v) is 18.0. The normalized spacial score (nSPS) is 10.7. The lowest BCUT2D eigenvalue weighted by Crippen LogP contribution is -2.12. The Kier molecular flexibility index (Phi) is 7.77. The van der Waals surface area contributed by atoms with Crippen molar-refractivity contribution in [3.05, 3.63) is 89.8 Å². The van der Waals surface area contributed by atoms with Crippen LogP contribution in [0.5, 0.6) is 0 Å². The second-order valence-electron chi connectivity index (χ2n) is 7.29. The highest BCUT2D eigenvalue weighted by Crippen LogP contribution is 2.25. The number of hydrogen-bond donors (Lipinski definition) is 1. The van der Waals surface area contributed by atoms with Crippen LogP contribution in [0.2, 0.25) is 0 Å². The van der Waals surface area contributed by atoms with Crippen LogP contribution < -0.4 is 5.32 Å². The molecule has 3 aromatic rings. The predicted molar refractivity (Wildman–Crippen MR) is 125 cm³/mol. The van der Waals surface area contributed by atoms with Gasteiger partial charge in [0.1, 0.15) is 5.01 Å². The third kappa shape index (κ3) is 6.40. The van der Waals surface area contributed by atoms with Crippen LogP contribution in [0.1, 0.15) is 49.4 Å². The number of allylic oxidation sites excluding steroid dienone is 1. The molecule has 0 saturated carbocycles. The minimum atomic E-state index is 0.772. The van der Waals surface area contributed by atoms with Crippen molar-refractivity contribution in [2.45, 2.75) is 45.4 Å². The highest BCUT2D eigenvalue weighted by atomic mass is 32.1. The molecule has 0 atom stereocenters. The van der Waals surface area contributed by atoms with E-state index in [1.165, 1.54) is 43.2 Å². The third-order valence-corrected chi connectivity index (χ3v) is 5.70. The van der Waals surface area contributed by atoms with E-state index in [1.807, 2.05) is 23.7 Å². The molecule has 0 fully saturated rings. The second kappa shape index (κ2) is 10.7. The Morgan fingerprint density at radius 1 is 1.03 bits per heavy atom. The summed E-state index contributed by atoms with van der Waals surface area (Å²) in [5.74, 6) is 0. The van der Waals surface area contributed by atoms with E-state index in [-0.39, 0.29) is 0 Å². The van der Waals surface area contributed by atoms with Crippen molar-refractivity contribution in [3.8, 4) is 10.6 Å². The smallest absolute Gasteiger partial charge is 0.125 e. The van der Waals surface area contributed by atoms with Crippen molar-refractivity contribution in [2.75, 3.05) is 0 Å². The molecule has 3 nitrogen and oxygen atoms in total. The molecule has 0 unspecified atom stereocenters. The Morgan fingerprint density at radius 3 is 2.55 bits per heavy atom. The number of benzene rings is 1. The molecule has 0 aliphatic heterocycles. The molecular weight excluding hydrogens is 374 g/mol. The Morgan fingerprint density at radius 2 is 1.83 bits per heavy atom. The number of nitrogens with zero attached hydrogens (tertiary/aromatic N) is 2. The van der Waals surface area contributed by atoms with E-state index in [2.05, 4.69) is 59.6 Å². The molecule has 150 valence electrons. The summed E-state index contributed by atoms with van der Waals surface area (Å²) in [6.45, 7) is 10.5. The summed E-state index contributed by atoms with van der Waals surface area (Å²) in [4.78, 5) is 8.82. The first-order valence-corrected chi connectivity index (χ1v) is 11.1. The van der Waals surface area contributed by atoms with E-state index >= 15 is 0 Å². The second-order valence-corrected chi connectivity index (χ2v) is 8.15. The fourth-order valence-corrected chi connectivity index (χ4v) is 4.01. The van der Waals surface area contributed by atoms with Crippen molar-refractivity contribution in [1.82, 2.24) is 15.3 Å². The van der Waals surface area contributed by atoms with Gasteiger partial charge in [-0.05, 0) is 36.1 Å². The summed E-state index contributed by atoms with van der Waals surface area (Å²) in [6, 6.07) is 12.8. The lowest BCUT2D eigenvalue weighted by molar-refractivity contribution is 0.667. The number of thiazole rings is 1. The monoisotopic (exact) mass is 403 g/mol. The van der Waals surface area contributed by atoms with Gasteiger partial charge < -0.3 is 5.32 Å². The van der Waals surface area contributed by atoms with E-state index < -0.39 is 0 Å². The summed E-state index contributed by atoms with van der Waals surface area (Å²) in [5.41, 5.74) is 6.22. The molecule has 2 heterocycles. The van der Waals surface area contributed by atoms with Crippen molar-refractivity contribution in [2.24, 2.45) is 0 Å². The Balaban J connectivity index is 1.50. The van der Waals surface area contributed by atoms with Gasteiger partial charge in [-0.1, -0.05) is 63.6 Å². The quantitative estimate of drug-likeness (QED) is 0.364. The van der Waals surface area contributed by atoms with Gasteiger partial charge in [0, 0.05) is 35.5 Å². The molecule has 1 N–H and O–H groups in total. The van der Waals surface area contributed by atoms with Gasteiger partial charge in [0.05, 0.1) is 11.4 Å². The highest BCUT2D eigenvalue weighted by Gasteiger charge is 2.08. The SMILES string of the molecule is C=C(Cc1ccc(CCCCCC)cc1)NC(=C)c1csc(-c2cccnc2)n1. The molecule has 0 amide bonds. The van der Waals surface area contributed by atoms with Crippen molar-refractivity contribution >= 4 is 17.0 Å². The molecule has 0 aliphatic rings. The molecule has 0 radical (unpaired) electrons. The first kappa shape index (κ1) is 21.0. The fraction of sp³-hybridized carbons (Fsp3) is 0.280. The van der Waals surface area contributed by atoms with Gasteiger partial charge in [-0.3, -0.25) is 4.98 Å². The lowest BCUT2D eigenvalue weighted by atomic mass is 10.0. The van der Waals surface area contributed by atoms with E-state index in [0.717, 1.165) is 34.1 Å².